The van der Waals surface area contributed by atoms with Crippen molar-refractivity contribution in [1.29, 1.82) is 5.26 Å². The fourth-order valence-electron chi connectivity index (χ4n) is 0.834. The summed E-state index contributed by atoms with van der Waals surface area (Å²) in [5.41, 5.74) is 0.740. The number of nitrogens with zero attached hydrogens (tertiary/aromatic N) is 1. The second kappa shape index (κ2) is 4.63. The van der Waals surface area contributed by atoms with Gasteiger partial charge in [-0.05, 0) is 12.1 Å². The third-order valence-corrected chi connectivity index (χ3v) is 2.43. The normalized spacial score (nSPS) is 8.92. The Morgan fingerprint density at radius 1 is 1.50 bits per heavy atom. The molecule has 1 aromatic rings. The van der Waals surface area contributed by atoms with Crippen molar-refractivity contribution < 1.29 is 0 Å². The van der Waals surface area contributed by atoms with Gasteiger partial charge in [0.2, 0.25) is 0 Å². The van der Waals surface area contributed by atoms with Crippen molar-refractivity contribution in [1.82, 2.24) is 0 Å². The first-order valence-corrected chi connectivity index (χ1v) is 4.60. The molecule has 2 heteroatoms. The summed E-state index contributed by atoms with van der Waals surface area (Å²) in [6, 6.07) is 9.73. The molecule has 1 nitrogen and oxygen atoms in total. The van der Waals surface area contributed by atoms with Crippen molar-refractivity contribution in [2.45, 2.75) is 4.90 Å². The van der Waals surface area contributed by atoms with E-state index in [1.807, 2.05) is 30.3 Å². The number of hydrogen-bond donors (Lipinski definition) is 0. The number of thioether (sulfide) groups is 1. The van der Waals surface area contributed by atoms with Gasteiger partial charge in [0.15, 0.2) is 0 Å². The van der Waals surface area contributed by atoms with Gasteiger partial charge in [0.05, 0.1) is 5.56 Å². The number of nitriles is 1. The van der Waals surface area contributed by atoms with Crippen molar-refractivity contribution in [3.05, 3.63) is 42.5 Å². The monoisotopic (exact) mass is 175 g/mol. The minimum absolute atomic E-state index is 0.740. The SMILES string of the molecule is C=CCSc1ccccc1C#N. The van der Waals surface area contributed by atoms with E-state index in [0.29, 0.717) is 0 Å². The first-order valence-electron chi connectivity index (χ1n) is 3.61. The van der Waals surface area contributed by atoms with Crippen molar-refractivity contribution in [3.8, 4) is 6.07 Å². The topological polar surface area (TPSA) is 23.8 Å². The van der Waals surface area contributed by atoms with E-state index in [9.17, 15) is 0 Å². The molecule has 0 radical (unpaired) electrons. The van der Waals surface area contributed by atoms with Gasteiger partial charge in [-0.1, -0.05) is 18.2 Å². The van der Waals surface area contributed by atoms with E-state index >= 15 is 0 Å². The predicted octanol–water partition coefficient (Wildman–Crippen LogP) is 2.84. The summed E-state index contributed by atoms with van der Waals surface area (Å²) >= 11 is 1.63. The molecule has 1 rings (SSSR count). The molecule has 0 aromatic heterocycles. The first-order chi connectivity index (χ1) is 5.88. The molecule has 0 atom stereocenters. The van der Waals surface area contributed by atoms with E-state index in [1.165, 1.54) is 0 Å². The van der Waals surface area contributed by atoms with Gasteiger partial charge in [-0.3, -0.25) is 0 Å². The summed E-state index contributed by atoms with van der Waals surface area (Å²) in [7, 11) is 0. The molecule has 0 heterocycles. The molecular formula is C10H9NS. The van der Waals surface area contributed by atoms with Gasteiger partial charge in [0.1, 0.15) is 6.07 Å². The molecular weight excluding hydrogens is 166 g/mol. The Morgan fingerprint density at radius 2 is 2.25 bits per heavy atom. The molecule has 1 aromatic carbocycles. The zero-order chi connectivity index (χ0) is 8.81. The molecule has 60 valence electrons. The molecule has 0 saturated carbocycles. The predicted molar refractivity (Wildman–Crippen MR) is 52.1 cm³/mol. The van der Waals surface area contributed by atoms with E-state index < -0.39 is 0 Å². The van der Waals surface area contributed by atoms with Gasteiger partial charge < -0.3 is 0 Å². The fourth-order valence-corrected chi connectivity index (χ4v) is 1.57. The summed E-state index contributed by atoms with van der Waals surface area (Å²) in [4.78, 5) is 1.03. The molecule has 0 aliphatic rings. The summed E-state index contributed by atoms with van der Waals surface area (Å²) in [5, 5.41) is 8.73. The van der Waals surface area contributed by atoms with Gasteiger partial charge >= 0.3 is 0 Å². The van der Waals surface area contributed by atoms with Gasteiger partial charge in [-0.2, -0.15) is 5.26 Å². The maximum atomic E-state index is 8.73. The third kappa shape index (κ3) is 2.14. The molecule has 0 aliphatic carbocycles. The highest BCUT2D eigenvalue weighted by atomic mass is 32.2. The van der Waals surface area contributed by atoms with Crippen molar-refractivity contribution in [2.75, 3.05) is 5.75 Å². The lowest BCUT2D eigenvalue weighted by Crippen LogP contribution is -1.80. The minimum Gasteiger partial charge on any atom is -0.192 e. The molecule has 12 heavy (non-hydrogen) atoms. The second-order valence-corrected chi connectivity index (χ2v) is 3.27. The van der Waals surface area contributed by atoms with Gasteiger partial charge in [-0.25, -0.2) is 0 Å². The Labute approximate surface area is 76.7 Å². The number of benzene rings is 1. The van der Waals surface area contributed by atoms with Crippen LogP contribution >= 0.6 is 11.8 Å². The quantitative estimate of drug-likeness (QED) is 0.521. The number of hydrogen-bond acceptors (Lipinski definition) is 2. The maximum Gasteiger partial charge on any atom is 0.100 e. The Bertz CT molecular complexity index is 312. The van der Waals surface area contributed by atoms with Crippen LogP contribution < -0.4 is 0 Å². The molecule has 0 spiro atoms. The zero-order valence-corrected chi connectivity index (χ0v) is 7.47. The van der Waals surface area contributed by atoms with E-state index in [2.05, 4.69) is 12.6 Å². The van der Waals surface area contributed by atoms with Crippen molar-refractivity contribution in [3.63, 3.8) is 0 Å². The van der Waals surface area contributed by atoms with Gasteiger partial charge in [0, 0.05) is 10.6 Å². The van der Waals surface area contributed by atoms with E-state index in [4.69, 9.17) is 5.26 Å². The lowest BCUT2D eigenvalue weighted by Gasteiger charge is -1.99. The van der Waals surface area contributed by atoms with Crippen LogP contribution in [0.15, 0.2) is 41.8 Å². The van der Waals surface area contributed by atoms with Crippen LogP contribution in [0.4, 0.5) is 0 Å². The molecule has 0 bridgehead atoms. The largest absolute Gasteiger partial charge is 0.192 e. The lowest BCUT2D eigenvalue weighted by molar-refractivity contribution is 1.37. The summed E-state index contributed by atoms with van der Waals surface area (Å²) in [6.45, 7) is 3.63. The summed E-state index contributed by atoms with van der Waals surface area (Å²) in [6.07, 6.45) is 1.83. The maximum absolute atomic E-state index is 8.73. The molecule has 0 amide bonds. The van der Waals surface area contributed by atoms with Crippen LogP contribution in [0.2, 0.25) is 0 Å². The van der Waals surface area contributed by atoms with Crippen molar-refractivity contribution in [2.24, 2.45) is 0 Å². The lowest BCUT2D eigenvalue weighted by atomic mass is 10.2. The van der Waals surface area contributed by atoms with E-state index in [0.717, 1.165) is 16.2 Å². The minimum atomic E-state index is 0.740. The highest BCUT2D eigenvalue weighted by Crippen LogP contribution is 2.21. The average Bonchev–Trinajstić information content (AvgIpc) is 2.15. The number of rotatable bonds is 3. The third-order valence-electron chi connectivity index (χ3n) is 1.36. The second-order valence-electron chi connectivity index (χ2n) is 2.21. The Hall–Kier alpha value is -1.20. The smallest absolute Gasteiger partial charge is 0.100 e. The Balaban J connectivity index is 2.83. The van der Waals surface area contributed by atoms with Crippen LogP contribution in [-0.4, -0.2) is 5.75 Å². The molecule has 0 fully saturated rings. The van der Waals surface area contributed by atoms with Crippen LogP contribution in [-0.2, 0) is 0 Å². The Morgan fingerprint density at radius 3 is 2.92 bits per heavy atom. The highest BCUT2D eigenvalue weighted by Gasteiger charge is 1.98. The van der Waals surface area contributed by atoms with Crippen LogP contribution in [0.3, 0.4) is 0 Å². The van der Waals surface area contributed by atoms with Crippen LogP contribution in [0.5, 0.6) is 0 Å². The first kappa shape index (κ1) is 8.89. The van der Waals surface area contributed by atoms with Crippen LogP contribution in [0.25, 0.3) is 0 Å². The van der Waals surface area contributed by atoms with Crippen LogP contribution in [0.1, 0.15) is 5.56 Å². The fraction of sp³-hybridized carbons (Fsp3) is 0.100. The summed E-state index contributed by atoms with van der Waals surface area (Å²) in [5.74, 6) is 0.846. The van der Waals surface area contributed by atoms with E-state index in [1.54, 1.807) is 11.8 Å². The van der Waals surface area contributed by atoms with Crippen molar-refractivity contribution >= 4 is 11.8 Å². The molecule has 0 aliphatic heterocycles. The molecule has 0 saturated heterocycles. The summed E-state index contributed by atoms with van der Waals surface area (Å²) < 4.78 is 0. The zero-order valence-electron chi connectivity index (χ0n) is 6.66. The standard InChI is InChI=1S/C10H9NS/c1-2-7-12-10-6-4-3-5-9(10)8-11/h2-6H,1,7H2. The van der Waals surface area contributed by atoms with Gasteiger partial charge in [0.25, 0.3) is 0 Å². The van der Waals surface area contributed by atoms with E-state index in [-0.39, 0.29) is 0 Å². The Kier molecular flexibility index (Phi) is 3.43. The molecule has 0 unspecified atom stereocenters. The molecule has 0 N–H and O–H groups in total. The average molecular weight is 175 g/mol. The van der Waals surface area contributed by atoms with Gasteiger partial charge in [-0.15, -0.1) is 18.3 Å². The van der Waals surface area contributed by atoms with Crippen LogP contribution in [0, 0.1) is 11.3 Å². The highest BCUT2D eigenvalue weighted by molar-refractivity contribution is 7.99.